The van der Waals surface area contributed by atoms with Gasteiger partial charge in [0.05, 0.1) is 15.1 Å². The Morgan fingerprint density at radius 2 is 2.11 bits per heavy atom. The number of hydrogen-bond donors (Lipinski definition) is 1. The van der Waals surface area contributed by atoms with Crippen molar-refractivity contribution in [2.24, 2.45) is 0 Å². The minimum Gasteiger partial charge on any atom is -0.306 e. The number of nitrogens with zero attached hydrogens (tertiary/aromatic N) is 2. The second kappa shape index (κ2) is 5.65. The fraction of sp³-hybridized carbons (Fsp3) is 0. The molecule has 0 fully saturated rings. The molecule has 0 atom stereocenters. The van der Waals surface area contributed by atoms with Gasteiger partial charge in [-0.15, -0.1) is 0 Å². The summed E-state index contributed by atoms with van der Waals surface area (Å²) in [5.41, 5.74) is 0.245. The van der Waals surface area contributed by atoms with Crippen molar-refractivity contribution in [3.63, 3.8) is 0 Å². The standard InChI is InChI=1S/C11H6BrCl2N3O/c12-7-2-1-3-15-10(7)17-11(18)6-4-9(14)16-5-8(6)13/h1-5H,(H,15,17,18). The number of nitrogens with one attached hydrogen (secondary N) is 1. The summed E-state index contributed by atoms with van der Waals surface area (Å²) in [6.07, 6.45) is 2.90. The van der Waals surface area contributed by atoms with Gasteiger partial charge in [0, 0.05) is 12.4 Å². The van der Waals surface area contributed by atoms with Crippen LogP contribution < -0.4 is 5.32 Å². The number of pyridine rings is 2. The fourth-order valence-electron chi connectivity index (χ4n) is 1.24. The first kappa shape index (κ1) is 13.3. The van der Waals surface area contributed by atoms with Crippen molar-refractivity contribution in [3.05, 3.63) is 50.8 Å². The Balaban J connectivity index is 2.28. The highest BCUT2D eigenvalue weighted by atomic mass is 79.9. The Labute approximate surface area is 121 Å². The molecule has 0 spiro atoms. The van der Waals surface area contributed by atoms with Crippen LogP contribution in [0.2, 0.25) is 10.2 Å². The van der Waals surface area contributed by atoms with E-state index in [1.807, 2.05) is 0 Å². The molecule has 0 radical (unpaired) electrons. The summed E-state index contributed by atoms with van der Waals surface area (Å²) in [6, 6.07) is 4.91. The highest BCUT2D eigenvalue weighted by Gasteiger charge is 2.13. The molecular weight excluding hydrogens is 341 g/mol. The first-order valence-corrected chi connectivity index (χ1v) is 6.35. The Morgan fingerprint density at radius 1 is 1.33 bits per heavy atom. The van der Waals surface area contributed by atoms with Gasteiger partial charge < -0.3 is 5.32 Å². The van der Waals surface area contributed by atoms with Gasteiger partial charge >= 0.3 is 0 Å². The lowest BCUT2D eigenvalue weighted by atomic mass is 10.2. The Morgan fingerprint density at radius 3 is 2.83 bits per heavy atom. The third kappa shape index (κ3) is 2.98. The third-order valence-corrected chi connectivity index (χ3v) is 3.20. The van der Waals surface area contributed by atoms with Crippen molar-refractivity contribution in [2.75, 3.05) is 5.32 Å². The Kier molecular flexibility index (Phi) is 4.16. The molecule has 2 heterocycles. The molecule has 0 saturated heterocycles. The average molecular weight is 347 g/mol. The van der Waals surface area contributed by atoms with Crippen LogP contribution >= 0.6 is 39.1 Å². The summed E-state index contributed by atoms with van der Waals surface area (Å²) in [5, 5.41) is 3.05. The zero-order valence-corrected chi connectivity index (χ0v) is 11.9. The first-order chi connectivity index (χ1) is 8.58. The van der Waals surface area contributed by atoms with E-state index in [0.717, 1.165) is 0 Å². The lowest BCUT2D eigenvalue weighted by molar-refractivity contribution is 0.102. The average Bonchev–Trinajstić information content (AvgIpc) is 2.35. The molecule has 2 aromatic rings. The van der Waals surface area contributed by atoms with Crippen LogP contribution in [-0.2, 0) is 0 Å². The predicted octanol–water partition coefficient (Wildman–Crippen LogP) is 3.80. The zero-order chi connectivity index (χ0) is 13.1. The third-order valence-electron chi connectivity index (χ3n) is 2.06. The number of carbonyl (C=O) groups is 1. The SMILES string of the molecule is O=C(Nc1ncccc1Br)c1cc(Cl)ncc1Cl. The second-order valence-electron chi connectivity index (χ2n) is 3.27. The van der Waals surface area contributed by atoms with Crippen molar-refractivity contribution in [1.29, 1.82) is 0 Å². The van der Waals surface area contributed by atoms with E-state index in [1.54, 1.807) is 18.3 Å². The minimum atomic E-state index is -0.399. The van der Waals surface area contributed by atoms with Gasteiger partial charge in [-0.25, -0.2) is 9.97 Å². The second-order valence-corrected chi connectivity index (χ2v) is 4.92. The van der Waals surface area contributed by atoms with Crippen molar-refractivity contribution >= 4 is 50.9 Å². The monoisotopic (exact) mass is 345 g/mol. The molecule has 92 valence electrons. The smallest absolute Gasteiger partial charge is 0.258 e. The molecule has 1 N–H and O–H groups in total. The fourth-order valence-corrected chi connectivity index (χ4v) is 1.94. The number of hydrogen-bond acceptors (Lipinski definition) is 3. The van der Waals surface area contributed by atoms with Gasteiger partial charge in [0.15, 0.2) is 0 Å². The summed E-state index contributed by atoms with van der Waals surface area (Å²) in [6.45, 7) is 0. The van der Waals surface area contributed by atoms with Crippen LogP contribution in [0.5, 0.6) is 0 Å². The molecule has 7 heteroatoms. The first-order valence-electron chi connectivity index (χ1n) is 4.81. The van der Waals surface area contributed by atoms with Crippen LogP contribution in [0.25, 0.3) is 0 Å². The summed E-state index contributed by atoms with van der Waals surface area (Å²) in [5.74, 6) is 0.00945. The predicted molar refractivity (Wildman–Crippen MR) is 74.1 cm³/mol. The Hall–Kier alpha value is -1.17. The molecule has 0 aliphatic heterocycles. The summed E-state index contributed by atoms with van der Waals surface area (Å²) >= 11 is 14.9. The highest BCUT2D eigenvalue weighted by Crippen LogP contribution is 2.22. The summed E-state index contributed by atoms with van der Waals surface area (Å²) in [7, 11) is 0. The van der Waals surface area contributed by atoms with Crippen LogP contribution in [0.4, 0.5) is 5.82 Å². The van der Waals surface area contributed by atoms with E-state index in [0.29, 0.717) is 10.3 Å². The number of anilines is 1. The van der Waals surface area contributed by atoms with E-state index in [1.165, 1.54) is 12.3 Å². The number of aromatic nitrogens is 2. The molecule has 0 bridgehead atoms. The summed E-state index contributed by atoms with van der Waals surface area (Å²) in [4.78, 5) is 19.8. The molecule has 2 aromatic heterocycles. The highest BCUT2D eigenvalue weighted by molar-refractivity contribution is 9.10. The van der Waals surface area contributed by atoms with E-state index in [2.05, 4.69) is 31.2 Å². The van der Waals surface area contributed by atoms with Crippen molar-refractivity contribution in [3.8, 4) is 0 Å². The maximum Gasteiger partial charge on any atom is 0.258 e. The van der Waals surface area contributed by atoms with Crippen LogP contribution in [0.15, 0.2) is 35.1 Å². The van der Waals surface area contributed by atoms with Crippen LogP contribution in [0.1, 0.15) is 10.4 Å². The van der Waals surface area contributed by atoms with Gasteiger partial charge in [0.2, 0.25) is 0 Å². The quantitative estimate of drug-likeness (QED) is 0.841. The van der Waals surface area contributed by atoms with Crippen molar-refractivity contribution < 1.29 is 4.79 Å². The normalized spacial score (nSPS) is 10.2. The van der Waals surface area contributed by atoms with E-state index < -0.39 is 5.91 Å². The molecule has 0 aliphatic rings. The van der Waals surface area contributed by atoms with Gasteiger partial charge in [-0.3, -0.25) is 4.79 Å². The molecule has 4 nitrogen and oxygen atoms in total. The maximum atomic E-state index is 12.0. The van der Waals surface area contributed by atoms with Gasteiger partial charge in [-0.1, -0.05) is 23.2 Å². The van der Waals surface area contributed by atoms with E-state index in [-0.39, 0.29) is 15.7 Å². The topological polar surface area (TPSA) is 54.9 Å². The van der Waals surface area contributed by atoms with Gasteiger partial charge in [-0.2, -0.15) is 0 Å². The molecule has 0 aliphatic carbocycles. The molecular formula is C11H6BrCl2N3O. The number of amides is 1. The van der Waals surface area contributed by atoms with Gasteiger partial charge in [0.1, 0.15) is 11.0 Å². The zero-order valence-electron chi connectivity index (χ0n) is 8.82. The number of carbonyl (C=O) groups excluding carboxylic acids is 1. The van der Waals surface area contributed by atoms with E-state index >= 15 is 0 Å². The molecule has 2 rings (SSSR count). The maximum absolute atomic E-state index is 12.0. The molecule has 1 amide bonds. The lowest BCUT2D eigenvalue weighted by Gasteiger charge is -2.07. The lowest BCUT2D eigenvalue weighted by Crippen LogP contribution is -2.14. The molecule has 0 aromatic carbocycles. The van der Waals surface area contributed by atoms with Crippen molar-refractivity contribution in [2.45, 2.75) is 0 Å². The summed E-state index contributed by atoms with van der Waals surface area (Å²) < 4.78 is 0.676. The van der Waals surface area contributed by atoms with Crippen LogP contribution in [-0.4, -0.2) is 15.9 Å². The molecule has 0 unspecified atom stereocenters. The van der Waals surface area contributed by atoms with Crippen molar-refractivity contribution in [1.82, 2.24) is 9.97 Å². The van der Waals surface area contributed by atoms with Gasteiger partial charge in [0.25, 0.3) is 5.91 Å². The Bertz CT molecular complexity index is 607. The van der Waals surface area contributed by atoms with Crippen LogP contribution in [0, 0.1) is 0 Å². The van der Waals surface area contributed by atoms with Crippen LogP contribution in [0.3, 0.4) is 0 Å². The van der Waals surface area contributed by atoms with E-state index in [9.17, 15) is 4.79 Å². The van der Waals surface area contributed by atoms with Gasteiger partial charge in [-0.05, 0) is 34.1 Å². The largest absolute Gasteiger partial charge is 0.306 e. The number of halogens is 3. The molecule has 0 saturated carbocycles. The van der Waals surface area contributed by atoms with E-state index in [4.69, 9.17) is 23.2 Å². The minimum absolute atomic E-state index is 0.199. The number of rotatable bonds is 2. The molecule has 18 heavy (non-hydrogen) atoms.